The van der Waals surface area contributed by atoms with Gasteiger partial charge in [0.1, 0.15) is 18.3 Å². The number of fused-ring (bicyclic) bond motifs is 4. The molecule has 0 radical (unpaired) electrons. The van der Waals surface area contributed by atoms with E-state index in [-0.39, 0.29) is 18.3 Å². The third-order valence-electron chi connectivity index (χ3n) is 11.4. The third-order valence-corrected chi connectivity index (χ3v) is 11.8. The minimum absolute atomic E-state index is 0.144. The lowest BCUT2D eigenvalue weighted by atomic mass is 9.45. The summed E-state index contributed by atoms with van der Waals surface area (Å²) in [5.41, 5.74) is 2.08. The second-order valence-corrected chi connectivity index (χ2v) is 15.5. The molecule has 9 atom stereocenters. The number of rotatable bonds is 8. The van der Waals surface area contributed by atoms with E-state index in [1.54, 1.807) is 0 Å². The topological polar surface area (TPSA) is 130 Å². The molecule has 0 aromatic rings. The standard InChI is InChI=1S/C32H50O8S/c1-17(2)18(3)10-11-19(4)22-13-14-23-21-12-15-25-30(6,7)28(40-41(36,37)38)24(34)16-31(25,8)26(21)27(35)29(32(22,23)9)39-20(5)33/h14,17,19,22,24-25,27-29,34-35H,3,10-13,15-16H2,1-2,4-9H3,(H,36,37,38)/t19-,22-,24?,25?,27?,28?,29?,31+,32-/m1/s1. The largest absolute Gasteiger partial charge is 0.458 e. The normalized spacial score (nSPS) is 39.0. The Kier molecular flexibility index (Phi) is 8.60. The van der Waals surface area contributed by atoms with Crippen LogP contribution in [0.4, 0.5) is 0 Å². The summed E-state index contributed by atoms with van der Waals surface area (Å²) in [5.74, 6) is 0.267. The van der Waals surface area contributed by atoms with Gasteiger partial charge in [-0.15, -0.1) is 0 Å². The highest BCUT2D eigenvalue weighted by Gasteiger charge is 2.65. The van der Waals surface area contributed by atoms with Crippen LogP contribution in [-0.4, -0.2) is 53.6 Å². The maximum absolute atomic E-state index is 12.5. The second kappa shape index (κ2) is 10.9. The first kappa shape index (κ1) is 32.4. The van der Waals surface area contributed by atoms with Crippen molar-refractivity contribution in [1.29, 1.82) is 0 Å². The van der Waals surface area contributed by atoms with E-state index in [2.05, 4.69) is 40.3 Å². The van der Waals surface area contributed by atoms with Gasteiger partial charge in [0.2, 0.25) is 0 Å². The first-order valence-corrected chi connectivity index (χ1v) is 16.4. The van der Waals surface area contributed by atoms with Crippen molar-refractivity contribution in [3.8, 4) is 0 Å². The summed E-state index contributed by atoms with van der Waals surface area (Å²) in [7, 11) is -4.78. The van der Waals surface area contributed by atoms with Gasteiger partial charge in [-0.25, -0.2) is 4.18 Å². The van der Waals surface area contributed by atoms with Gasteiger partial charge in [-0.3, -0.25) is 9.35 Å². The number of aliphatic hydroxyl groups is 2. The van der Waals surface area contributed by atoms with E-state index in [1.165, 1.54) is 12.5 Å². The van der Waals surface area contributed by atoms with Crippen LogP contribution in [0.1, 0.15) is 93.9 Å². The second-order valence-electron chi connectivity index (χ2n) is 14.5. The number of ether oxygens (including phenoxy) is 1. The molecule has 0 aromatic heterocycles. The minimum atomic E-state index is -4.78. The maximum atomic E-state index is 12.5. The number of hydrogen-bond acceptors (Lipinski definition) is 7. The molecular weight excluding hydrogens is 544 g/mol. The van der Waals surface area contributed by atoms with Crippen molar-refractivity contribution >= 4 is 16.4 Å². The van der Waals surface area contributed by atoms with Crippen molar-refractivity contribution < 1.29 is 36.9 Å². The highest BCUT2D eigenvalue weighted by Crippen LogP contribution is 2.67. The van der Waals surface area contributed by atoms with E-state index in [4.69, 9.17) is 8.92 Å². The molecule has 41 heavy (non-hydrogen) atoms. The van der Waals surface area contributed by atoms with Crippen LogP contribution < -0.4 is 0 Å². The molecule has 0 amide bonds. The van der Waals surface area contributed by atoms with Crippen LogP contribution in [0.15, 0.2) is 34.9 Å². The lowest BCUT2D eigenvalue weighted by Crippen LogP contribution is -2.63. The zero-order valence-corrected chi connectivity index (χ0v) is 26.8. The van der Waals surface area contributed by atoms with Crippen LogP contribution in [0, 0.1) is 39.9 Å². The van der Waals surface area contributed by atoms with Crippen molar-refractivity contribution in [3.05, 3.63) is 34.9 Å². The van der Waals surface area contributed by atoms with Gasteiger partial charge in [-0.1, -0.05) is 66.7 Å². The van der Waals surface area contributed by atoms with Crippen LogP contribution in [0.2, 0.25) is 0 Å². The molecule has 0 heterocycles. The molecule has 0 aromatic carbocycles. The fourth-order valence-electron chi connectivity index (χ4n) is 9.36. The van der Waals surface area contributed by atoms with Crippen LogP contribution in [0.5, 0.6) is 0 Å². The quantitative estimate of drug-likeness (QED) is 0.189. The van der Waals surface area contributed by atoms with E-state index in [0.29, 0.717) is 24.7 Å². The zero-order chi connectivity index (χ0) is 30.9. The number of aliphatic hydroxyl groups excluding tert-OH is 2. The first-order chi connectivity index (χ1) is 18.8. The Labute approximate surface area is 246 Å². The zero-order valence-electron chi connectivity index (χ0n) is 25.9. The van der Waals surface area contributed by atoms with Gasteiger partial charge in [-0.05, 0) is 89.7 Å². The average Bonchev–Trinajstić information content (AvgIpc) is 3.19. The number of allylic oxidation sites excluding steroid dienone is 3. The lowest BCUT2D eigenvalue weighted by molar-refractivity contribution is -0.173. The van der Waals surface area contributed by atoms with Crippen LogP contribution in [0.25, 0.3) is 0 Å². The summed E-state index contributed by atoms with van der Waals surface area (Å²) in [4.78, 5) is 12.5. The Hall–Kier alpha value is -1.52. The van der Waals surface area contributed by atoms with Gasteiger partial charge in [0.05, 0.1) is 6.10 Å². The highest BCUT2D eigenvalue weighted by molar-refractivity contribution is 7.80. The van der Waals surface area contributed by atoms with Crippen LogP contribution >= 0.6 is 0 Å². The predicted octanol–water partition coefficient (Wildman–Crippen LogP) is 5.57. The van der Waals surface area contributed by atoms with E-state index < -0.39 is 57.0 Å². The van der Waals surface area contributed by atoms with Gasteiger partial charge < -0.3 is 14.9 Å². The molecule has 0 aliphatic heterocycles. The number of hydrogen-bond donors (Lipinski definition) is 3. The number of carbonyl (C=O) groups is 1. The van der Waals surface area contributed by atoms with E-state index in [9.17, 15) is 28.0 Å². The molecule has 232 valence electrons. The third kappa shape index (κ3) is 5.39. The average molecular weight is 595 g/mol. The molecule has 1 fully saturated rings. The Morgan fingerprint density at radius 1 is 1.15 bits per heavy atom. The summed E-state index contributed by atoms with van der Waals surface area (Å²) in [6.07, 6.45) is 2.28. The molecule has 1 saturated carbocycles. The summed E-state index contributed by atoms with van der Waals surface area (Å²) in [5, 5.41) is 23.4. The van der Waals surface area contributed by atoms with Crippen molar-refractivity contribution in [2.24, 2.45) is 39.9 Å². The van der Waals surface area contributed by atoms with E-state index in [1.807, 2.05) is 20.8 Å². The maximum Gasteiger partial charge on any atom is 0.397 e. The number of carbonyl (C=O) groups excluding carboxylic acids is 1. The van der Waals surface area contributed by atoms with Crippen LogP contribution in [0.3, 0.4) is 0 Å². The van der Waals surface area contributed by atoms with Crippen molar-refractivity contribution in [2.45, 2.75) is 118 Å². The number of esters is 1. The van der Waals surface area contributed by atoms with Crippen molar-refractivity contribution in [2.75, 3.05) is 0 Å². The fourth-order valence-corrected chi connectivity index (χ4v) is 10.0. The van der Waals surface area contributed by atoms with Crippen molar-refractivity contribution in [1.82, 2.24) is 0 Å². The molecule has 4 rings (SSSR count). The molecule has 8 nitrogen and oxygen atoms in total. The Morgan fingerprint density at radius 3 is 2.34 bits per heavy atom. The van der Waals surface area contributed by atoms with E-state index in [0.717, 1.165) is 36.0 Å². The highest BCUT2D eigenvalue weighted by atomic mass is 32.3. The molecule has 0 spiro atoms. The summed E-state index contributed by atoms with van der Waals surface area (Å²) >= 11 is 0. The smallest absolute Gasteiger partial charge is 0.397 e. The summed E-state index contributed by atoms with van der Waals surface area (Å²) in [6, 6.07) is 0. The monoisotopic (exact) mass is 594 g/mol. The molecule has 5 unspecified atom stereocenters. The predicted molar refractivity (Wildman–Crippen MR) is 157 cm³/mol. The van der Waals surface area contributed by atoms with Gasteiger partial charge in [-0.2, -0.15) is 8.42 Å². The Balaban J connectivity index is 1.78. The molecular formula is C32H50O8S. The SMILES string of the molecule is C=C(CC[C@@H](C)[C@H]1CC=C2C3=C(C(O)C(OC(C)=O)[C@@]21C)[C@@]1(C)CC(O)C(OS(=O)(=O)O)C(C)(C)C1CC3)C(C)C. The van der Waals surface area contributed by atoms with Gasteiger partial charge in [0, 0.05) is 12.3 Å². The summed E-state index contributed by atoms with van der Waals surface area (Å²) in [6.45, 7) is 20.0. The fraction of sp³-hybridized carbons (Fsp3) is 0.781. The van der Waals surface area contributed by atoms with Gasteiger partial charge in [0.25, 0.3) is 0 Å². The van der Waals surface area contributed by atoms with Gasteiger partial charge in [0.15, 0.2) is 0 Å². The lowest BCUT2D eigenvalue weighted by Gasteiger charge is -2.62. The molecule has 4 aliphatic carbocycles. The Morgan fingerprint density at radius 2 is 1.78 bits per heavy atom. The first-order valence-electron chi connectivity index (χ1n) is 15.1. The van der Waals surface area contributed by atoms with Gasteiger partial charge >= 0.3 is 16.4 Å². The molecule has 0 bridgehead atoms. The minimum Gasteiger partial charge on any atom is -0.458 e. The van der Waals surface area contributed by atoms with Crippen molar-refractivity contribution in [3.63, 3.8) is 0 Å². The molecule has 3 N–H and O–H groups in total. The molecule has 9 heteroatoms. The molecule has 4 aliphatic rings. The Bertz CT molecular complexity index is 1250. The van der Waals surface area contributed by atoms with E-state index >= 15 is 0 Å². The summed E-state index contributed by atoms with van der Waals surface area (Å²) < 4.78 is 43.9. The van der Waals surface area contributed by atoms with Crippen LogP contribution in [-0.2, 0) is 24.1 Å². The molecule has 0 saturated heterocycles.